The predicted molar refractivity (Wildman–Crippen MR) is 74.7 cm³/mol. The summed E-state index contributed by atoms with van der Waals surface area (Å²) in [5.74, 6) is 0. The van der Waals surface area contributed by atoms with Gasteiger partial charge in [0.1, 0.15) is 0 Å². The third-order valence-electron chi connectivity index (χ3n) is 5.09. The Kier molecular flexibility index (Phi) is 4.64. The Morgan fingerprint density at radius 2 is 2.11 bits per heavy atom. The van der Waals surface area contributed by atoms with E-state index < -0.39 is 0 Å². The Balaban J connectivity index is 2.11. The Morgan fingerprint density at radius 3 is 2.67 bits per heavy atom. The van der Waals surface area contributed by atoms with Crippen LogP contribution >= 0.6 is 0 Å². The Labute approximate surface area is 111 Å². The summed E-state index contributed by atoms with van der Waals surface area (Å²) in [4.78, 5) is 4.96. The fourth-order valence-corrected chi connectivity index (χ4v) is 3.82. The van der Waals surface area contributed by atoms with Crippen LogP contribution in [0.4, 0.5) is 0 Å². The van der Waals surface area contributed by atoms with E-state index in [0.717, 1.165) is 19.5 Å². The molecule has 2 rings (SSSR count). The second-order valence-corrected chi connectivity index (χ2v) is 6.13. The van der Waals surface area contributed by atoms with Crippen molar-refractivity contribution in [2.45, 2.75) is 49.8 Å². The van der Waals surface area contributed by atoms with Crippen molar-refractivity contribution in [2.75, 3.05) is 40.8 Å². The van der Waals surface area contributed by atoms with Crippen molar-refractivity contribution < 1.29 is 4.74 Å². The van der Waals surface area contributed by atoms with Gasteiger partial charge in [-0.2, -0.15) is 0 Å². The van der Waals surface area contributed by atoms with Gasteiger partial charge < -0.3 is 15.4 Å². The zero-order valence-corrected chi connectivity index (χ0v) is 12.2. The second-order valence-electron chi connectivity index (χ2n) is 6.13. The molecule has 0 spiro atoms. The lowest BCUT2D eigenvalue weighted by molar-refractivity contribution is -0.0684. The van der Waals surface area contributed by atoms with E-state index in [1.807, 2.05) is 7.11 Å². The second kappa shape index (κ2) is 5.87. The molecule has 0 radical (unpaired) electrons. The van der Waals surface area contributed by atoms with Crippen LogP contribution in [0, 0.1) is 0 Å². The first-order valence-corrected chi connectivity index (χ1v) is 7.28. The molecule has 0 amide bonds. The summed E-state index contributed by atoms with van der Waals surface area (Å²) in [5, 5.41) is 0. The molecule has 0 aromatic rings. The van der Waals surface area contributed by atoms with E-state index in [4.69, 9.17) is 10.5 Å². The summed E-state index contributed by atoms with van der Waals surface area (Å²) in [6.07, 6.45) is 6.51. The Hall–Kier alpha value is -0.160. The van der Waals surface area contributed by atoms with Crippen LogP contribution in [-0.2, 0) is 4.74 Å². The molecule has 1 aliphatic heterocycles. The molecule has 0 aromatic carbocycles. The van der Waals surface area contributed by atoms with Crippen molar-refractivity contribution in [2.24, 2.45) is 5.73 Å². The van der Waals surface area contributed by atoms with Crippen molar-refractivity contribution >= 4 is 0 Å². The molecule has 2 N–H and O–H groups in total. The molecule has 1 saturated carbocycles. The number of methoxy groups -OCH3 is 1. The molecule has 106 valence electrons. The summed E-state index contributed by atoms with van der Waals surface area (Å²) in [5.41, 5.74) is 6.27. The van der Waals surface area contributed by atoms with Crippen LogP contribution in [0.3, 0.4) is 0 Å². The van der Waals surface area contributed by atoms with Gasteiger partial charge in [-0.25, -0.2) is 0 Å². The minimum Gasteiger partial charge on any atom is -0.379 e. The highest BCUT2D eigenvalue weighted by Crippen LogP contribution is 2.37. The first-order valence-electron chi connectivity index (χ1n) is 7.28. The number of rotatable bonds is 4. The fraction of sp³-hybridized carbons (Fsp3) is 1.00. The summed E-state index contributed by atoms with van der Waals surface area (Å²) in [6, 6.07) is 0.674. The van der Waals surface area contributed by atoms with Gasteiger partial charge in [-0.15, -0.1) is 0 Å². The van der Waals surface area contributed by atoms with Crippen LogP contribution in [0.5, 0.6) is 0 Å². The van der Waals surface area contributed by atoms with Gasteiger partial charge in [-0.1, -0.05) is 12.8 Å². The highest BCUT2D eigenvalue weighted by molar-refractivity contribution is 5.04. The lowest BCUT2D eigenvalue weighted by Crippen LogP contribution is -2.62. The van der Waals surface area contributed by atoms with E-state index in [1.165, 1.54) is 32.2 Å². The molecule has 2 aliphatic rings. The van der Waals surface area contributed by atoms with E-state index in [0.29, 0.717) is 12.1 Å². The van der Waals surface area contributed by atoms with Gasteiger partial charge in [-0.05, 0) is 33.4 Å². The Bertz CT molecular complexity index is 272. The van der Waals surface area contributed by atoms with Crippen molar-refractivity contribution in [3.05, 3.63) is 0 Å². The molecule has 1 saturated heterocycles. The number of hydrogen-bond donors (Lipinski definition) is 1. The van der Waals surface area contributed by atoms with Crippen molar-refractivity contribution in [1.29, 1.82) is 0 Å². The predicted octanol–water partition coefficient (Wildman–Crippen LogP) is 0.909. The van der Waals surface area contributed by atoms with E-state index >= 15 is 0 Å². The van der Waals surface area contributed by atoms with E-state index in [-0.39, 0.29) is 5.54 Å². The van der Waals surface area contributed by atoms with E-state index in [2.05, 4.69) is 23.9 Å². The SMILES string of the molecule is COC1CCCCC1(CN)N1CCC(N(C)C)C1. The molecule has 4 nitrogen and oxygen atoms in total. The van der Waals surface area contributed by atoms with E-state index in [9.17, 15) is 0 Å². The van der Waals surface area contributed by atoms with Gasteiger partial charge in [0.15, 0.2) is 0 Å². The highest BCUT2D eigenvalue weighted by Gasteiger charge is 2.47. The van der Waals surface area contributed by atoms with Crippen LogP contribution in [0.15, 0.2) is 0 Å². The zero-order chi connectivity index (χ0) is 13.2. The molecule has 3 atom stereocenters. The molecule has 1 heterocycles. The Morgan fingerprint density at radius 1 is 1.33 bits per heavy atom. The van der Waals surface area contributed by atoms with Crippen LogP contribution < -0.4 is 5.73 Å². The van der Waals surface area contributed by atoms with Crippen molar-refractivity contribution in [3.63, 3.8) is 0 Å². The number of likely N-dealkylation sites (tertiary alicyclic amines) is 1. The summed E-state index contributed by atoms with van der Waals surface area (Å²) >= 11 is 0. The van der Waals surface area contributed by atoms with Gasteiger partial charge in [0.2, 0.25) is 0 Å². The topological polar surface area (TPSA) is 41.7 Å². The zero-order valence-electron chi connectivity index (χ0n) is 12.2. The minimum atomic E-state index is 0.0950. The molecule has 1 aliphatic carbocycles. The quantitative estimate of drug-likeness (QED) is 0.811. The van der Waals surface area contributed by atoms with Crippen LogP contribution in [0.25, 0.3) is 0 Å². The third-order valence-corrected chi connectivity index (χ3v) is 5.09. The molecular weight excluding hydrogens is 226 g/mol. The van der Waals surface area contributed by atoms with Crippen LogP contribution in [-0.4, -0.2) is 68.3 Å². The lowest BCUT2D eigenvalue weighted by Gasteiger charge is -2.49. The maximum Gasteiger partial charge on any atom is 0.0767 e. The molecule has 4 heteroatoms. The summed E-state index contributed by atoms with van der Waals surface area (Å²) < 4.78 is 5.77. The number of likely N-dealkylation sites (N-methyl/N-ethyl adjacent to an activating group) is 1. The van der Waals surface area contributed by atoms with Gasteiger partial charge >= 0.3 is 0 Å². The standard InChI is InChI=1S/C14H29N3O/c1-16(2)12-7-9-17(10-12)14(11-15)8-5-4-6-13(14)18-3/h12-13H,4-11,15H2,1-3H3. The van der Waals surface area contributed by atoms with Gasteiger partial charge in [0.25, 0.3) is 0 Å². The van der Waals surface area contributed by atoms with Gasteiger partial charge in [0, 0.05) is 32.8 Å². The highest BCUT2D eigenvalue weighted by atomic mass is 16.5. The monoisotopic (exact) mass is 255 g/mol. The largest absolute Gasteiger partial charge is 0.379 e. The molecule has 3 unspecified atom stereocenters. The van der Waals surface area contributed by atoms with Crippen LogP contribution in [0.2, 0.25) is 0 Å². The number of nitrogens with zero attached hydrogens (tertiary/aromatic N) is 2. The summed E-state index contributed by atoms with van der Waals surface area (Å²) in [6.45, 7) is 3.04. The van der Waals surface area contributed by atoms with Gasteiger partial charge in [-0.3, -0.25) is 4.90 Å². The number of hydrogen-bond acceptors (Lipinski definition) is 4. The molecule has 0 bridgehead atoms. The van der Waals surface area contributed by atoms with Crippen molar-refractivity contribution in [1.82, 2.24) is 9.80 Å². The number of nitrogens with two attached hydrogens (primary N) is 1. The first-order chi connectivity index (χ1) is 8.64. The molecule has 18 heavy (non-hydrogen) atoms. The fourth-order valence-electron chi connectivity index (χ4n) is 3.82. The first kappa shape index (κ1) is 14.3. The summed E-state index contributed by atoms with van der Waals surface area (Å²) in [7, 11) is 6.20. The molecule has 2 fully saturated rings. The maximum absolute atomic E-state index is 6.17. The van der Waals surface area contributed by atoms with Gasteiger partial charge in [0.05, 0.1) is 11.6 Å². The normalized spacial score (nSPS) is 38.5. The average molecular weight is 255 g/mol. The minimum absolute atomic E-state index is 0.0950. The molecular formula is C14H29N3O. The molecule has 0 aromatic heterocycles. The van der Waals surface area contributed by atoms with E-state index in [1.54, 1.807) is 0 Å². The average Bonchev–Trinajstić information content (AvgIpc) is 2.88. The number of ether oxygens (including phenoxy) is 1. The lowest BCUT2D eigenvalue weighted by atomic mass is 9.77. The van der Waals surface area contributed by atoms with Crippen LogP contribution in [0.1, 0.15) is 32.1 Å². The smallest absolute Gasteiger partial charge is 0.0767 e. The third kappa shape index (κ3) is 2.44. The maximum atomic E-state index is 6.17. The van der Waals surface area contributed by atoms with Crippen molar-refractivity contribution in [3.8, 4) is 0 Å².